The van der Waals surface area contributed by atoms with E-state index in [1.54, 1.807) is 12.4 Å². The summed E-state index contributed by atoms with van der Waals surface area (Å²) in [6.45, 7) is 11.1. The van der Waals surface area contributed by atoms with E-state index >= 15 is 0 Å². The average molecular weight is 657 g/mol. The molecule has 0 aliphatic heterocycles. The van der Waals surface area contributed by atoms with Crippen molar-refractivity contribution in [3.63, 3.8) is 0 Å². The van der Waals surface area contributed by atoms with E-state index in [0.29, 0.717) is 0 Å². The van der Waals surface area contributed by atoms with E-state index in [2.05, 4.69) is 74.1 Å². The first-order valence-electron chi connectivity index (χ1n) is 11.4. The first kappa shape index (κ1) is 30.6. The van der Waals surface area contributed by atoms with Crippen LogP contribution >= 0.6 is 0 Å². The number of benzene rings is 2. The molecular formula is C31H32IrN2O2-2. The summed E-state index contributed by atoms with van der Waals surface area (Å²) >= 11 is 0. The number of pyridine rings is 2. The number of hydrogen-bond acceptors (Lipinski definition) is 4. The van der Waals surface area contributed by atoms with Gasteiger partial charge in [-0.2, -0.15) is 0 Å². The van der Waals surface area contributed by atoms with Gasteiger partial charge in [-0.1, -0.05) is 52.0 Å². The molecule has 2 heterocycles. The second-order valence-corrected chi connectivity index (χ2v) is 8.34. The standard InChI is InChI=1S/2C13H12N.C5H8O2.Ir/c2*1-10-7-11(2)9-12(8-10)13-5-3-4-6-14-13;1-4(6)3-5(2)7;/h2*3-8H,1-2H3;3,6H,1-2H3;/q2*-1;;/b;;4-3-;. The Kier molecular flexibility index (Phi) is 13.2. The molecule has 0 amide bonds. The maximum absolute atomic E-state index is 10.0. The summed E-state index contributed by atoms with van der Waals surface area (Å²) in [7, 11) is 0. The number of aryl methyl sites for hydroxylation is 4. The van der Waals surface area contributed by atoms with Crippen LogP contribution in [0.5, 0.6) is 0 Å². The minimum atomic E-state index is -0.125. The van der Waals surface area contributed by atoms with Gasteiger partial charge in [-0.3, -0.25) is 4.79 Å². The van der Waals surface area contributed by atoms with Gasteiger partial charge in [0.1, 0.15) is 0 Å². The zero-order chi connectivity index (χ0) is 25.8. The number of carbonyl (C=O) groups excluding carboxylic acids is 1. The quantitative estimate of drug-likeness (QED) is 0.142. The van der Waals surface area contributed by atoms with Crippen LogP contribution in [0.15, 0.2) is 84.9 Å². The summed E-state index contributed by atoms with van der Waals surface area (Å²) in [4.78, 5) is 18.6. The summed E-state index contributed by atoms with van der Waals surface area (Å²) in [5.41, 5.74) is 8.94. The summed E-state index contributed by atoms with van der Waals surface area (Å²) < 4.78 is 0. The number of rotatable bonds is 3. The fraction of sp³-hybridized carbons (Fsp3) is 0.194. The second kappa shape index (κ2) is 15.6. The van der Waals surface area contributed by atoms with Gasteiger partial charge in [0.25, 0.3) is 0 Å². The number of nitrogens with zero attached hydrogens (tertiary/aromatic N) is 2. The maximum atomic E-state index is 10.0. The third kappa shape index (κ3) is 11.4. The SMILES string of the molecule is CC(=O)/C=C(/C)O.Cc1[c-]c(-c2ccccn2)cc(C)c1.Cc1[c-]c(-c2ccccn2)cc(C)c1.[Ir]. The molecule has 0 spiro atoms. The molecule has 4 aromatic rings. The Morgan fingerprint density at radius 2 is 1.17 bits per heavy atom. The largest absolute Gasteiger partial charge is 0.512 e. The van der Waals surface area contributed by atoms with E-state index in [1.807, 2.05) is 36.4 Å². The molecular weight excluding hydrogens is 625 g/mol. The minimum absolute atomic E-state index is 0. The zero-order valence-electron chi connectivity index (χ0n) is 21.6. The third-order valence-corrected chi connectivity index (χ3v) is 4.59. The van der Waals surface area contributed by atoms with E-state index in [-0.39, 0.29) is 31.6 Å². The number of allylic oxidation sites excluding steroid dienone is 2. The number of aliphatic hydroxyl groups excluding tert-OH is 1. The molecule has 4 nitrogen and oxygen atoms in total. The number of aliphatic hydroxyl groups is 1. The molecule has 0 fully saturated rings. The summed E-state index contributed by atoms with van der Waals surface area (Å²) in [6.07, 6.45) is 4.78. The van der Waals surface area contributed by atoms with Gasteiger partial charge in [0.15, 0.2) is 5.78 Å². The van der Waals surface area contributed by atoms with E-state index in [0.717, 1.165) is 33.6 Å². The van der Waals surface area contributed by atoms with Crippen molar-refractivity contribution >= 4 is 5.78 Å². The number of hydrogen-bond donors (Lipinski definition) is 1. The minimum Gasteiger partial charge on any atom is -0.512 e. The Morgan fingerprint density at radius 1 is 0.750 bits per heavy atom. The molecule has 1 N–H and O–H groups in total. The molecule has 0 aliphatic carbocycles. The van der Waals surface area contributed by atoms with E-state index in [4.69, 9.17) is 5.11 Å². The summed E-state index contributed by atoms with van der Waals surface area (Å²) in [6, 6.07) is 26.9. The van der Waals surface area contributed by atoms with Crippen LogP contribution in [0.1, 0.15) is 36.1 Å². The number of carbonyl (C=O) groups is 1. The van der Waals surface area contributed by atoms with Crippen molar-refractivity contribution in [1.29, 1.82) is 0 Å². The molecule has 0 aliphatic rings. The van der Waals surface area contributed by atoms with Crippen molar-refractivity contribution in [2.75, 3.05) is 0 Å². The second-order valence-electron chi connectivity index (χ2n) is 8.34. The molecule has 2 aromatic heterocycles. The molecule has 0 saturated carbocycles. The van der Waals surface area contributed by atoms with Gasteiger partial charge in [0.05, 0.1) is 5.76 Å². The van der Waals surface area contributed by atoms with Crippen LogP contribution in [0.2, 0.25) is 0 Å². The van der Waals surface area contributed by atoms with Crippen LogP contribution in [0, 0.1) is 39.8 Å². The molecule has 36 heavy (non-hydrogen) atoms. The smallest absolute Gasteiger partial charge is 0.155 e. The average Bonchev–Trinajstić information content (AvgIpc) is 2.79. The third-order valence-electron chi connectivity index (χ3n) is 4.59. The Labute approximate surface area is 228 Å². The summed E-state index contributed by atoms with van der Waals surface area (Å²) in [5, 5.41) is 8.36. The Morgan fingerprint density at radius 3 is 1.42 bits per heavy atom. The van der Waals surface area contributed by atoms with Crippen molar-refractivity contribution in [1.82, 2.24) is 9.97 Å². The molecule has 2 aromatic carbocycles. The van der Waals surface area contributed by atoms with E-state index < -0.39 is 0 Å². The van der Waals surface area contributed by atoms with Crippen molar-refractivity contribution < 1.29 is 30.0 Å². The molecule has 189 valence electrons. The zero-order valence-corrected chi connectivity index (χ0v) is 24.0. The Hall–Kier alpha value is -3.40. The topological polar surface area (TPSA) is 63.1 Å². The molecule has 1 radical (unpaired) electrons. The number of aromatic nitrogens is 2. The first-order valence-corrected chi connectivity index (χ1v) is 11.4. The van der Waals surface area contributed by atoms with Gasteiger partial charge in [-0.25, -0.2) is 0 Å². The molecule has 0 saturated heterocycles. The predicted molar refractivity (Wildman–Crippen MR) is 143 cm³/mol. The van der Waals surface area contributed by atoms with Gasteiger partial charge in [0.2, 0.25) is 0 Å². The van der Waals surface area contributed by atoms with E-state index in [1.165, 1.54) is 31.1 Å². The maximum Gasteiger partial charge on any atom is 0.155 e. The molecule has 4 rings (SSSR count). The molecule has 0 bridgehead atoms. The van der Waals surface area contributed by atoms with Gasteiger partial charge >= 0.3 is 0 Å². The van der Waals surface area contributed by atoms with Gasteiger partial charge in [-0.05, 0) is 37.4 Å². The van der Waals surface area contributed by atoms with Crippen molar-refractivity contribution in [3.8, 4) is 22.5 Å². The fourth-order valence-corrected chi connectivity index (χ4v) is 3.41. The van der Waals surface area contributed by atoms with Crippen LogP contribution in [-0.4, -0.2) is 20.9 Å². The Bertz CT molecular complexity index is 1140. The van der Waals surface area contributed by atoms with Gasteiger partial charge in [0, 0.05) is 38.6 Å². The fourth-order valence-electron chi connectivity index (χ4n) is 3.41. The van der Waals surface area contributed by atoms with Gasteiger partial charge < -0.3 is 15.1 Å². The van der Waals surface area contributed by atoms with Crippen molar-refractivity contribution in [3.05, 3.63) is 119 Å². The molecule has 5 heteroatoms. The predicted octanol–water partition coefficient (Wildman–Crippen LogP) is 7.37. The monoisotopic (exact) mass is 657 g/mol. The van der Waals surface area contributed by atoms with Crippen LogP contribution in [-0.2, 0) is 24.9 Å². The van der Waals surface area contributed by atoms with Crippen LogP contribution in [0.25, 0.3) is 22.5 Å². The molecule has 0 atom stereocenters. The van der Waals surface area contributed by atoms with Crippen molar-refractivity contribution in [2.24, 2.45) is 0 Å². The van der Waals surface area contributed by atoms with Crippen LogP contribution < -0.4 is 0 Å². The van der Waals surface area contributed by atoms with Crippen molar-refractivity contribution in [2.45, 2.75) is 41.5 Å². The van der Waals surface area contributed by atoms with Crippen LogP contribution in [0.3, 0.4) is 0 Å². The van der Waals surface area contributed by atoms with Gasteiger partial charge in [-0.15, -0.1) is 69.8 Å². The van der Waals surface area contributed by atoms with E-state index in [9.17, 15) is 4.79 Å². The molecule has 0 unspecified atom stereocenters. The number of ketones is 1. The van der Waals surface area contributed by atoms with Crippen LogP contribution in [0.4, 0.5) is 0 Å². The summed E-state index contributed by atoms with van der Waals surface area (Å²) in [5.74, 6) is -0.0625. The Balaban J connectivity index is 0.000000283. The first-order chi connectivity index (χ1) is 16.6. The normalized spacial score (nSPS) is 10.1.